The molecule has 2 fully saturated rings. The van der Waals surface area contributed by atoms with E-state index in [0.717, 1.165) is 64.3 Å². The minimum Gasteiger partial charge on any atom is -0.381 e. The van der Waals surface area contributed by atoms with Gasteiger partial charge in [-0.2, -0.15) is 0 Å². The molecule has 2 rings (SSSR count). The van der Waals surface area contributed by atoms with E-state index in [2.05, 4.69) is 5.32 Å². The Morgan fingerprint density at radius 2 is 1.76 bits per heavy atom. The predicted molar refractivity (Wildman–Crippen MR) is 68.0 cm³/mol. The average Bonchev–Trinajstić information content (AvgIpc) is 2.39. The van der Waals surface area contributed by atoms with Crippen molar-refractivity contribution >= 4 is 5.78 Å². The van der Waals surface area contributed by atoms with E-state index in [9.17, 15) is 4.79 Å². The van der Waals surface area contributed by atoms with E-state index in [1.165, 1.54) is 12.8 Å². The third kappa shape index (κ3) is 4.76. The summed E-state index contributed by atoms with van der Waals surface area (Å²) in [6.45, 7) is 3.98. The van der Waals surface area contributed by atoms with Crippen LogP contribution in [0.15, 0.2) is 0 Å². The standard InChI is InChI=1S/C14H25NO2/c16-14(11-13-5-9-17-10-6-13)2-1-12-3-7-15-8-4-12/h12-13,15H,1-11H2. The molecule has 0 aromatic rings. The molecule has 0 saturated carbocycles. The average molecular weight is 239 g/mol. The normalized spacial score (nSPS) is 23.8. The molecule has 2 saturated heterocycles. The van der Waals surface area contributed by atoms with Gasteiger partial charge in [-0.15, -0.1) is 0 Å². The summed E-state index contributed by atoms with van der Waals surface area (Å²) in [7, 11) is 0. The Kier molecular flexibility index (Phi) is 5.46. The second-order valence-corrected chi connectivity index (χ2v) is 5.53. The second kappa shape index (κ2) is 7.12. The first kappa shape index (κ1) is 13.0. The molecular formula is C14H25NO2. The minimum absolute atomic E-state index is 0.482. The first-order valence-electron chi connectivity index (χ1n) is 7.15. The van der Waals surface area contributed by atoms with Gasteiger partial charge >= 0.3 is 0 Å². The molecular weight excluding hydrogens is 214 g/mol. The van der Waals surface area contributed by atoms with Crippen molar-refractivity contribution in [3.63, 3.8) is 0 Å². The van der Waals surface area contributed by atoms with Crippen molar-refractivity contribution in [1.82, 2.24) is 5.32 Å². The zero-order chi connectivity index (χ0) is 11.9. The lowest BCUT2D eigenvalue weighted by Crippen LogP contribution is -2.28. The van der Waals surface area contributed by atoms with Gasteiger partial charge in [0.15, 0.2) is 0 Å². The molecule has 2 heterocycles. The Morgan fingerprint density at radius 1 is 1.06 bits per heavy atom. The van der Waals surface area contributed by atoms with Gasteiger partial charge in [0, 0.05) is 26.1 Å². The van der Waals surface area contributed by atoms with Gasteiger partial charge in [0.25, 0.3) is 0 Å². The van der Waals surface area contributed by atoms with Crippen LogP contribution in [0.25, 0.3) is 0 Å². The van der Waals surface area contributed by atoms with E-state index < -0.39 is 0 Å². The zero-order valence-corrected chi connectivity index (χ0v) is 10.7. The van der Waals surface area contributed by atoms with Crippen LogP contribution >= 0.6 is 0 Å². The maximum Gasteiger partial charge on any atom is 0.133 e. The maximum absolute atomic E-state index is 11.9. The summed E-state index contributed by atoms with van der Waals surface area (Å²) < 4.78 is 5.32. The third-order valence-corrected chi connectivity index (χ3v) is 4.15. The lowest BCUT2D eigenvalue weighted by molar-refractivity contribution is -0.121. The summed E-state index contributed by atoms with van der Waals surface area (Å²) >= 11 is 0. The number of piperidine rings is 1. The van der Waals surface area contributed by atoms with Gasteiger partial charge < -0.3 is 10.1 Å². The third-order valence-electron chi connectivity index (χ3n) is 4.15. The molecule has 0 aromatic heterocycles. The molecule has 2 aliphatic rings. The Bertz CT molecular complexity index is 230. The van der Waals surface area contributed by atoms with Crippen LogP contribution < -0.4 is 5.32 Å². The minimum atomic E-state index is 0.482. The van der Waals surface area contributed by atoms with Crippen molar-refractivity contribution < 1.29 is 9.53 Å². The topological polar surface area (TPSA) is 38.3 Å². The highest BCUT2D eigenvalue weighted by Crippen LogP contribution is 2.22. The second-order valence-electron chi connectivity index (χ2n) is 5.53. The molecule has 0 aromatic carbocycles. The number of nitrogens with one attached hydrogen (secondary N) is 1. The van der Waals surface area contributed by atoms with Crippen molar-refractivity contribution in [1.29, 1.82) is 0 Å². The van der Waals surface area contributed by atoms with Crippen LogP contribution in [-0.2, 0) is 9.53 Å². The fourth-order valence-corrected chi connectivity index (χ4v) is 2.91. The zero-order valence-electron chi connectivity index (χ0n) is 10.7. The van der Waals surface area contributed by atoms with E-state index in [1.807, 2.05) is 0 Å². The summed E-state index contributed by atoms with van der Waals surface area (Å²) in [5, 5.41) is 3.37. The summed E-state index contributed by atoms with van der Waals surface area (Å²) in [6.07, 6.45) is 7.40. The van der Waals surface area contributed by atoms with Crippen LogP contribution in [0.3, 0.4) is 0 Å². The van der Waals surface area contributed by atoms with E-state index in [-0.39, 0.29) is 0 Å². The predicted octanol–water partition coefficient (Wildman–Crippen LogP) is 2.15. The highest BCUT2D eigenvalue weighted by Gasteiger charge is 2.19. The Hall–Kier alpha value is -0.410. The fraction of sp³-hybridized carbons (Fsp3) is 0.929. The molecule has 98 valence electrons. The number of carbonyl (C=O) groups is 1. The number of rotatable bonds is 5. The fourth-order valence-electron chi connectivity index (χ4n) is 2.91. The van der Waals surface area contributed by atoms with Gasteiger partial charge in [0.1, 0.15) is 5.78 Å². The van der Waals surface area contributed by atoms with Gasteiger partial charge in [0.2, 0.25) is 0 Å². The van der Waals surface area contributed by atoms with Gasteiger partial charge in [-0.05, 0) is 57.0 Å². The monoisotopic (exact) mass is 239 g/mol. The van der Waals surface area contributed by atoms with Crippen LogP contribution in [-0.4, -0.2) is 32.1 Å². The summed E-state index contributed by atoms with van der Waals surface area (Å²) in [5.41, 5.74) is 0. The molecule has 2 aliphatic heterocycles. The van der Waals surface area contributed by atoms with Crippen molar-refractivity contribution in [3.05, 3.63) is 0 Å². The number of ketones is 1. The molecule has 0 bridgehead atoms. The van der Waals surface area contributed by atoms with Crippen LogP contribution in [0.1, 0.15) is 44.9 Å². The van der Waals surface area contributed by atoms with Crippen molar-refractivity contribution in [2.24, 2.45) is 11.8 Å². The number of ether oxygens (including phenoxy) is 1. The van der Waals surface area contributed by atoms with Crippen LogP contribution in [0, 0.1) is 11.8 Å². The van der Waals surface area contributed by atoms with E-state index >= 15 is 0 Å². The van der Waals surface area contributed by atoms with E-state index in [1.54, 1.807) is 0 Å². The SMILES string of the molecule is O=C(CCC1CCNCC1)CC1CCOCC1. The van der Waals surface area contributed by atoms with E-state index in [4.69, 9.17) is 4.74 Å². The first-order valence-corrected chi connectivity index (χ1v) is 7.15. The smallest absolute Gasteiger partial charge is 0.133 e. The largest absolute Gasteiger partial charge is 0.381 e. The number of hydrogen-bond acceptors (Lipinski definition) is 3. The van der Waals surface area contributed by atoms with Crippen LogP contribution in [0.5, 0.6) is 0 Å². The number of hydrogen-bond donors (Lipinski definition) is 1. The van der Waals surface area contributed by atoms with Gasteiger partial charge in [0.05, 0.1) is 0 Å². The molecule has 0 radical (unpaired) electrons. The highest BCUT2D eigenvalue weighted by atomic mass is 16.5. The quantitative estimate of drug-likeness (QED) is 0.799. The van der Waals surface area contributed by atoms with Crippen molar-refractivity contribution in [3.8, 4) is 0 Å². The number of Topliss-reactive ketones (excluding diaryl/α,β-unsaturated/α-hetero) is 1. The Morgan fingerprint density at radius 3 is 2.47 bits per heavy atom. The molecule has 0 amide bonds. The molecule has 17 heavy (non-hydrogen) atoms. The summed E-state index contributed by atoms with van der Waals surface area (Å²) in [5.74, 6) is 1.87. The Balaban J connectivity index is 1.59. The molecule has 0 unspecified atom stereocenters. The van der Waals surface area contributed by atoms with Gasteiger partial charge in [-0.3, -0.25) is 4.79 Å². The summed E-state index contributed by atoms with van der Waals surface area (Å²) in [6, 6.07) is 0. The molecule has 1 N–H and O–H groups in total. The first-order chi connectivity index (χ1) is 8.34. The van der Waals surface area contributed by atoms with Gasteiger partial charge in [-0.25, -0.2) is 0 Å². The van der Waals surface area contributed by atoms with Crippen LogP contribution in [0.4, 0.5) is 0 Å². The van der Waals surface area contributed by atoms with E-state index in [0.29, 0.717) is 11.7 Å². The summed E-state index contributed by atoms with van der Waals surface area (Å²) in [4.78, 5) is 11.9. The van der Waals surface area contributed by atoms with Crippen molar-refractivity contribution in [2.75, 3.05) is 26.3 Å². The van der Waals surface area contributed by atoms with Gasteiger partial charge in [-0.1, -0.05) is 0 Å². The molecule has 0 atom stereocenters. The Labute approximate surface area is 104 Å². The number of carbonyl (C=O) groups excluding carboxylic acids is 1. The maximum atomic E-state index is 11.9. The lowest BCUT2D eigenvalue weighted by atomic mass is 9.89. The lowest BCUT2D eigenvalue weighted by Gasteiger charge is -2.23. The van der Waals surface area contributed by atoms with Crippen molar-refractivity contribution in [2.45, 2.75) is 44.9 Å². The molecule has 3 nitrogen and oxygen atoms in total. The highest BCUT2D eigenvalue weighted by molar-refractivity contribution is 5.78. The molecule has 0 spiro atoms. The molecule has 3 heteroatoms. The molecule has 0 aliphatic carbocycles. The van der Waals surface area contributed by atoms with Crippen LogP contribution in [0.2, 0.25) is 0 Å².